The van der Waals surface area contributed by atoms with Gasteiger partial charge in [-0.2, -0.15) is 0 Å². The summed E-state index contributed by atoms with van der Waals surface area (Å²) in [7, 11) is 0. The Kier molecular flexibility index (Phi) is 7.52. The van der Waals surface area contributed by atoms with Crippen LogP contribution in [0.4, 0.5) is 5.95 Å². The quantitative estimate of drug-likeness (QED) is 0.278. The first-order valence-electron chi connectivity index (χ1n) is 10.0. The Hall–Kier alpha value is -3.00. The van der Waals surface area contributed by atoms with Crippen molar-refractivity contribution in [3.8, 4) is 0 Å². The molecule has 1 atom stereocenters. The van der Waals surface area contributed by atoms with E-state index in [1.807, 2.05) is 6.07 Å². The van der Waals surface area contributed by atoms with E-state index in [0.717, 1.165) is 32.1 Å². The van der Waals surface area contributed by atoms with Crippen molar-refractivity contribution in [1.29, 1.82) is 0 Å². The summed E-state index contributed by atoms with van der Waals surface area (Å²) in [6.45, 7) is 0.559. The van der Waals surface area contributed by atoms with Crippen molar-refractivity contribution in [2.45, 2.75) is 51.0 Å². The molecule has 1 aliphatic rings. The summed E-state index contributed by atoms with van der Waals surface area (Å²) in [6.07, 6.45) is 8.77. The van der Waals surface area contributed by atoms with Crippen molar-refractivity contribution in [2.75, 3.05) is 11.9 Å². The van der Waals surface area contributed by atoms with Gasteiger partial charge >= 0.3 is 0 Å². The van der Waals surface area contributed by atoms with Gasteiger partial charge in [0.15, 0.2) is 0 Å². The lowest BCUT2D eigenvalue weighted by molar-refractivity contribution is -0.129. The third-order valence-electron chi connectivity index (χ3n) is 5.09. The largest absolute Gasteiger partial charge is 0.352 e. The normalized spacial score (nSPS) is 14.9. The second-order valence-electron chi connectivity index (χ2n) is 7.18. The number of rotatable bonds is 10. The number of carbonyl (C=O) groups excluding carboxylic acids is 2. The molecule has 1 unspecified atom stereocenters. The number of hydrogen-bond donors (Lipinski definition) is 4. The van der Waals surface area contributed by atoms with Crippen LogP contribution in [0.1, 0.15) is 66.1 Å². The predicted molar refractivity (Wildman–Crippen MR) is 109 cm³/mol. The summed E-state index contributed by atoms with van der Waals surface area (Å²) in [5, 5.41) is 14.6. The van der Waals surface area contributed by atoms with E-state index >= 15 is 0 Å². The van der Waals surface area contributed by atoms with E-state index in [1.54, 1.807) is 17.9 Å². The van der Waals surface area contributed by atoms with Gasteiger partial charge in [0.05, 0.1) is 11.6 Å². The standard InChI is InChI=1S/C21H27N5O3/c27-19(26-29)9-3-1-2-6-12-22-20(28)16-13-23-21(24-14-16)25-18-11-10-15-7-4-5-8-17(15)18/h4-5,7-8,13-14,18,29H,1-3,6,9-12H2,(H,22,28)(H,26,27)(H,23,24,25). The molecule has 154 valence electrons. The average Bonchev–Trinajstić information content (AvgIpc) is 3.16. The van der Waals surface area contributed by atoms with Gasteiger partial charge in [0.1, 0.15) is 0 Å². The minimum Gasteiger partial charge on any atom is -0.352 e. The molecule has 2 amide bonds. The van der Waals surface area contributed by atoms with E-state index in [-0.39, 0.29) is 17.9 Å². The van der Waals surface area contributed by atoms with Gasteiger partial charge in [-0.3, -0.25) is 14.8 Å². The van der Waals surface area contributed by atoms with Gasteiger partial charge in [-0.15, -0.1) is 0 Å². The number of amides is 2. The number of benzene rings is 1. The molecular weight excluding hydrogens is 370 g/mol. The van der Waals surface area contributed by atoms with Crippen molar-refractivity contribution in [3.05, 3.63) is 53.3 Å². The molecule has 0 saturated heterocycles. The molecule has 1 aliphatic carbocycles. The number of unbranched alkanes of at least 4 members (excludes halogenated alkanes) is 3. The average molecular weight is 397 g/mol. The van der Waals surface area contributed by atoms with Crippen LogP contribution in [0.15, 0.2) is 36.7 Å². The molecule has 1 aromatic heterocycles. The van der Waals surface area contributed by atoms with Gasteiger partial charge in [0, 0.05) is 25.4 Å². The lowest BCUT2D eigenvalue weighted by atomic mass is 10.1. The number of nitrogens with one attached hydrogen (secondary N) is 3. The molecule has 0 spiro atoms. The highest BCUT2D eigenvalue weighted by atomic mass is 16.5. The Morgan fingerprint density at radius 1 is 1.07 bits per heavy atom. The second-order valence-corrected chi connectivity index (χ2v) is 7.18. The first kappa shape index (κ1) is 20.7. The number of nitrogens with zero attached hydrogens (tertiary/aromatic N) is 2. The van der Waals surface area contributed by atoms with E-state index in [0.29, 0.717) is 30.9 Å². The molecule has 8 heteroatoms. The third kappa shape index (κ3) is 5.99. The van der Waals surface area contributed by atoms with Crippen molar-refractivity contribution in [1.82, 2.24) is 20.8 Å². The van der Waals surface area contributed by atoms with E-state index in [4.69, 9.17) is 5.21 Å². The van der Waals surface area contributed by atoms with E-state index in [2.05, 4.69) is 38.8 Å². The van der Waals surface area contributed by atoms with Gasteiger partial charge in [-0.1, -0.05) is 37.1 Å². The fraction of sp³-hybridized carbons (Fsp3) is 0.429. The summed E-state index contributed by atoms with van der Waals surface area (Å²) in [4.78, 5) is 31.7. The van der Waals surface area contributed by atoms with Crippen molar-refractivity contribution < 1.29 is 14.8 Å². The monoisotopic (exact) mass is 397 g/mol. The van der Waals surface area contributed by atoms with Gasteiger partial charge in [-0.05, 0) is 36.8 Å². The first-order valence-corrected chi connectivity index (χ1v) is 10.0. The highest BCUT2D eigenvalue weighted by molar-refractivity contribution is 5.93. The smallest absolute Gasteiger partial charge is 0.254 e. The SMILES string of the molecule is O=C(CCCCCCNC(=O)c1cnc(NC2CCc3ccccc32)nc1)NO. The third-order valence-corrected chi connectivity index (χ3v) is 5.09. The molecule has 1 heterocycles. The van der Waals surface area contributed by atoms with E-state index in [9.17, 15) is 9.59 Å². The van der Waals surface area contributed by atoms with E-state index < -0.39 is 0 Å². The van der Waals surface area contributed by atoms with Gasteiger partial charge in [-0.25, -0.2) is 15.4 Å². The molecule has 0 saturated carbocycles. The van der Waals surface area contributed by atoms with Crippen LogP contribution in [-0.4, -0.2) is 33.5 Å². The molecule has 29 heavy (non-hydrogen) atoms. The number of aromatic nitrogens is 2. The number of carbonyl (C=O) groups is 2. The van der Waals surface area contributed by atoms with Crippen LogP contribution >= 0.6 is 0 Å². The number of anilines is 1. The van der Waals surface area contributed by atoms with Crippen LogP contribution in [-0.2, 0) is 11.2 Å². The summed E-state index contributed by atoms with van der Waals surface area (Å²) in [5.74, 6) is -0.0361. The molecule has 4 N–H and O–H groups in total. The summed E-state index contributed by atoms with van der Waals surface area (Å²) < 4.78 is 0. The topological polar surface area (TPSA) is 116 Å². The van der Waals surface area contributed by atoms with Crippen LogP contribution in [0.2, 0.25) is 0 Å². The van der Waals surface area contributed by atoms with Crippen LogP contribution < -0.4 is 16.1 Å². The van der Waals surface area contributed by atoms with Crippen LogP contribution in [0.5, 0.6) is 0 Å². The molecule has 3 rings (SSSR count). The Morgan fingerprint density at radius 2 is 1.83 bits per heavy atom. The number of hydroxylamine groups is 1. The molecule has 0 bridgehead atoms. The van der Waals surface area contributed by atoms with Crippen LogP contribution in [0.25, 0.3) is 0 Å². The highest BCUT2D eigenvalue weighted by Crippen LogP contribution is 2.32. The van der Waals surface area contributed by atoms with Gasteiger partial charge < -0.3 is 10.6 Å². The van der Waals surface area contributed by atoms with E-state index in [1.165, 1.54) is 11.1 Å². The Labute approximate surface area is 170 Å². The van der Waals surface area contributed by atoms with Crippen molar-refractivity contribution in [3.63, 3.8) is 0 Å². The molecule has 0 aliphatic heterocycles. The summed E-state index contributed by atoms with van der Waals surface area (Å²) >= 11 is 0. The number of fused-ring (bicyclic) bond motifs is 1. The minimum absolute atomic E-state index is 0.192. The first-order chi connectivity index (χ1) is 14.2. The minimum atomic E-state index is -0.367. The zero-order chi connectivity index (χ0) is 20.5. The predicted octanol–water partition coefficient (Wildman–Crippen LogP) is 2.76. The maximum atomic E-state index is 12.2. The summed E-state index contributed by atoms with van der Waals surface area (Å²) in [6, 6.07) is 8.58. The zero-order valence-corrected chi connectivity index (χ0v) is 16.4. The Morgan fingerprint density at radius 3 is 2.62 bits per heavy atom. The highest BCUT2D eigenvalue weighted by Gasteiger charge is 2.22. The Bertz CT molecular complexity index is 825. The number of aryl methyl sites for hydroxylation is 1. The fourth-order valence-corrected chi connectivity index (χ4v) is 3.51. The maximum Gasteiger partial charge on any atom is 0.254 e. The molecular formula is C21H27N5O3. The molecule has 8 nitrogen and oxygen atoms in total. The lowest BCUT2D eigenvalue weighted by Gasteiger charge is -2.14. The second kappa shape index (κ2) is 10.5. The van der Waals surface area contributed by atoms with Gasteiger partial charge in [0.2, 0.25) is 11.9 Å². The molecule has 0 radical (unpaired) electrons. The maximum absolute atomic E-state index is 12.2. The molecule has 0 fully saturated rings. The Balaban J connectivity index is 1.38. The van der Waals surface area contributed by atoms with Crippen molar-refractivity contribution in [2.24, 2.45) is 0 Å². The van der Waals surface area contributed by atoms with Crippen molar-refractivity contribution >= 4 is 17.8 Å². The summed E-state index contributed by atoms with van der Waals surface area (Å²) in [5.41, 5.74) is 4.69. The van der Waals surface area contributed by atoms with Crippen LogP contribution in [0.3, 0.4) is 0 Å². The molecule has 2 aromatic rings. The fourth-order valence-electron chi connectivity index (χ4n) is 3.51. The lowest BCUT2D eigenvalue weighted by Crippen LogP contribution is -2.25. The molecule has 1 aromatic carbocycles. The van der Waals surface area contributed by atoms with Gasteiger partial charge in [0.25, 0.3) is 5.91 Å². The zero-order valence-electron chi connectivity index (χ0n) is 16.4. The number of hydrogen-bond acceptors (Lipinski definition) is 6. The van der Waals surface area contributed by atoms with Crippen LogP contribution in [0, 0.1) is 0 Å².